The number of carbonyl (C=O) groups is 1. The summed E-state index contributed by atoms with van der Waals surface area (Å²) in [5.74, 6) is -1.02. The van der Waals surface area contributed by atoms with Crippen molar-refractivity contribution in [3.8, 4) is 6.07 Å². The third-order valence-corrected chi connectivity index (χ3v) is 3.18. The molecule has 0 aliphatic carbocycles. The van der Waals surface area contributed by atoms with E-state index in [-0.39, 0.29) is 0 Å². The van der Waals surface area contributed by atoms with E-state index in [4.69, 9.17) is 26.7 Å². The number of rotatable bonds is 3. The van der Waals surface area contributed by atoms with Crippen molar-refractivity contribution in [2.45, 2.75) is 6.10 Å². The molecular formula is C14H13ClN2O3. The van der Waals surface area contributed by atoms with Crippen molar-refractivity contribution in [3.05, 3.63) is 34.9 Å². The fourth-order valence-electron chi connectivity index (χ4n) is 2.05. The van der Waals surface area contributed by atoms with Gasteiger partial charge in [0.25, 0.3) is 0 Å². The van der Waals surface area contributed by atoms with Gasteiger partial charge in [-0.1, -0.05) is 11.6 Å². The number of nitrogens with zero attached hydrogens (tertiary/aromatic N) is 2. The van der Waals surface area contributed by atoms with Gasteiger partial charge in [-0.2, -0.15) is 5.26 Å². The summed E-state index contributed by atoms with van der Waals surface area (Å²) in [6.07, 6.45) is 2.09. The highest BCUT2D eigenvalue weighted by Gasteiger charge is 2.21. The van der Waals surface area contributed by atoms with Gasteiger partial charge in [0, 0.05) is 23.3 Å². The Labute approximate surface area is 121 Å². The maximum atomic E-state index is 10.6. The normalized spacial score (nSPS) is 19.0. The topological polar surface area (TPSA) is 73.6 Å². The van der Waals surface area contributed by atoms with Crippen molar-refractivity contribution in [2.24, 2.45) is 0 Å². The first-order chi connectivity index (χ1) is 9.60. The number of aliphatic carboxylic acids is 1. The molecule has 0 amide bonds. The van der Waals surface area contributed by atoms with E-state index in [1.165, 1.54) is 6.08 Å². The van der Waals surface area contributed by atoms with E-state index in [0.29, 0.717) is 30.3 Å². The molecule has 1 atom stereocenters. The van der Waals surface area contributed by atoms with Crippen molar-refractivity contribution >= 4 is 29.3 Å². The van der Waals surface area contributed by atoms with Gasteiger partial charge in [-0.05, 0) is 29.8 Å². The van der Waals surface area contributed by atoms with E-state index in [2.05, 4.69) is 6.07 Å². The predicted octanol–water partition coefficient (Wildman–Crippen LogP) is 2.17. The third kappa shape index (κ3) is 3.50. The number of anilines is 1. The van der Waals surface area contributed by atoms with Crippen molar-refractivity contribution in [1.29, 1.82) is 5.26 Å². The van der Waals surface area contributed by atoms with Crippen LogP contribution in [0.25, 0.3) is 6.08 Å². The molecule has 20 heavy (non-hydrogen) atoms. The number of ether oxygens (including phenoxy) is 1. The summed E-state index contributed by atoms with van der Waals surface area (Å²) in [6.45, 7) is 1.56. The minimum absolute atomic E-state index is 0.450. The zero-order chi connectivity index (χ0) is 14.5. The summed E-state index contributed by atoms with van der Waals surface area (Å²) in [7, 11) is 0. The van der Waals surface area contributed by atoms with Crippen molar-refractivity contribution < 1.29 is 14.6 Å². The molecule has 1 saturated heterocycles. The number of carboxylic acids is 1. The molecule has 1 fully saturated rings. The van der Waals surface area contributed by atoms with Gasteiger partial charge in [0.05, 0.1) is 19.2 Å². The van der Waals surface area contributed by atoms with Crippen LogP contribution in [-0.4, -0.2) is 36.9 Å². The Kier molecular flexibility index (Phi) is 4.61. The molecule has 0 spiro atoms. The minimum atomic E-state index is -1.02. The van der Waals surface area contributed by atoms with Crippen LogP contribution in [0, 0.1) is 11.3 Å². The molecule has 1 heterocycles. The van der Waals surface area contributed by atoms with Crippen LogP contribution in [0.1, 0.15) is 5.56 Å². The number of carboxylic acid groups (broad SMARTS) is 1. The maximum absolute atomic E-state index is 10.6. The lowest BCUT2D eigenvalue weighted by atomic mass is 10.1. The van der Waals surface area contributed by atoms with E-state index in [9.17, 15) is 4.79 Å². The fraction of sp³-hybridized carbons (Fsp3) is 0.286. The molecule has 0 bridgehead atoms. The molecule has 1 aromatic carbocycles. The largest absolute Gasteiger partial charge is 0.478 e. The highest BCUT2D eigenvalue weighted by Crippen LogP contribution is 2.27. The van der Waals surface area contributed by atoms with E-state index >= 15 is 0 Å². The second-order valence-electron chi connectivity index (χ2n) is 4.31. The lowest BCUT2D eigenvalue weighted by molar-refractivity contribution is -0.131. The standard InChI is InChI=1S/C14H13ClN2O3/c15-11-2-3-13(10(7-11)1-4-14(18)19)17-5-6-20-12(8-16)9-17/h1-4,7,12H,5-6,9H2,(H,18,19)/b4-1+. The number of hydrogen-bond acceptors (Lipinski definition) is 4. The Balaban J connectivity index is 2.31. The number of hydrogen-bond donors (Lipinski definition) is 1. The Hall–Kier alpha value is -2.03. The van der Waals surface area contributed by atoms with Gasteiger partial charge >= 0.3 is 5.97 Å². The van der Waals surface area contributed by atoms with Gasteiger partial charge in [-0.25, -0.2) is 4.79 Å². The van der Waals surface area contributed by atoms with Crippen LogP contribution < -0.4 is 4.90 Å². The molecule has 0 radical (unpaired) electrons. The SMILES string of the molecule is N#CC1CN(c2ccc(Cl)cc2/C=C/C(=O)O)CCO1. The molecule has 1 N–H and O–H groups in total. The molecule has 0 aromatic heterocycles. The second kappa shape index (κ2) is 6.42. The van der Waals surface area contributed by atoms with Crippen LogP contribution in [0.4, 0.5) is 5.69 Å². The van der Waals surface area contributed by atoms with Crippen LogP contribution in [-0.2, 0) is 9.53 Å². The van der Waals surface area contributed by atoms with Gasteiger partial charge < -0.3 is 14.7 Å². The van der Waals surface area contributed by atoms with Crippen LogP contribution >= 0.6 is 11.6 Å². The summed E-state index contributed by atoms with van der Waals surface area (Å²) in [5.41, 5.74) is 1.55. The lowest BCUT2D eigenvalue weighted by Crippen LogP contribution is -2.42. The van der Waals surface area contributed by atoms with Crippen LogP contribution in [0.3, 0.4) is 0 Å². The fourth-order valence-corrected chi connectivity index (χ4v) is 2.23. The average molecular weight is 293 g/mol. The molecule has 1 aliphatic heterocycles. The van der Waals surface area contributed by atoms with Gasteiger partial charge in [0.1, 0.15) is 0 Å². The number of nitriles is 1. The molecule has 2 rings (SSSR count). The van der Waals surface area contributed by atoms with Crippen LogP contribution in [0.15, 0.2) is 24.3 Å². The minimum Gasteiger partial charge on any atom is -0.478 e. The van der Waals surface area contributed by atoms with Crippen molar-refractivity contribution in [3.63, 3.8) is 0 Å². The average Bonchev–Trinajstić information content (AvgIpc) is 2.45. The summed E-state index contributed by atoms with van der Waals surface area (Å²) in [5, 5.41) is 18.2. The summed E-state index contributed by atoms with van der Waals surface area (Å²) in [6, 6.07) is 7.35. The van der Waals surface area contributed by atoms with Crippen LogP contribution in [0.2, 0.25) is 5.02 Å². The highest BCUT2D eigenvalue weighted by molar-refractivity contribution is 6.30. The number of halogens is 1. The summed E-state index contributed by atoms with van der Waals surface area (Å²) < 4.78 is 5.30. The first kappa shape index (κ1) is 14.4. The zero-order valence-electron chi connectivity index (χ0n) is 10.6. The molecule has 1 aromatic rings. The zero-order valence-corrected chi connectivity index (χ0v) is 11.4. The number of morpholine rings is 1. The summed E-state index contributed by atoms with van der Waals surface area (Å²) in [4.78, 5) is 12.6. The molecule has 1 unspecified atom stereocenters. The van der Waals surface area contributed by atoms with Gasteiger partial charge in [0.2, 0.25) is 0 Å². The van der Waals surface area contributed by atoms with Gasteiger partial charge in [0.15, 0.2) is 6.10 Å². The Morgan fingerprint density at radius 1 is 1.60 bits per heavy atom. The van der Waals surface area contributed by atoms with E-state index in [1.807, 2.05) is 11.0 Å². The lowest BCUT2D eigenvalue weighted by Gasteiger charge is -2.32. The Morgan fingerprint density at radius 2 is 2.40 bits per heavy atom. The third-order valence-electron chi connectivity index (χ3n) is 2.95. The maximum Gasteiger partial charge on any atom is 0.328 e. The van der Waals surface area contributed by atoms with Crippen LogP contribution in [0.5, 0.6) is 0 Å². The van der Waals surface area contributed by atoms with E-state index in [0.717, 1.165) is 11.8 Å². The first-order valence-corrected chi connectivity index (χ1v) is 6.44. The predicted molar refractivity (Wildman–Crippen MR) is 75.7 cm³/mol. The summed E-state index contributed by atoms with van der Waals surface area (Å²) >= 11 is 5.95. The van der Waals surface area contributed by atoms with Crippen molar-refractivity contribution in [2.75, 3.05) is 24.6 Å². The van der Waals surface area contributed by atoms with Gasteiger partial charge in [-0.3, -0.25) is 0 Å². The van der Waals surface area contributed by atoms with E-state index < -0.39 is 12.1 Å². The molecule has 0 saturated carbocycles. The first-order valence-electron chi connectivity index (χ1n) is 6.07. The van der Waals surface area contributed by atoms with Gasteiger partial charge in [-0.15, -0.1) is 0 Å². The molecule has 1 aliphatic rings. The second-order valence-corrected chi connectivity index (χ2v) is 4.75. The molecular weight excluding hydrogens is 280 g/mol. The highest BCUT2D eigenvalue weighted by atomic mass is 35.5. The number of benzene rings is 1. The monoisotopic (exact) mass is 292 g/mol. The smallest absolute Gasteiger partial charge is 0.328 e. The van der Waals surface area contributed by atoms with E-state index in [1.54, 1.807) is 12.1 Å². The molecule has 5 nitrogen and oxygen atoms in total. The molecule has 104 valence electrons. The Bertz CT molecular complexity index is 580. The Morgan fingerprint density at radius 3 is 3.10 bits per heavy atom. The quantitative estimate of drug-likeness (QED) is 0.864. The van der Waals surface area contributed by atoms with Crippen molar-refractivity contribution in [1.82, 2.24) is 0 Å². The molecule has 6 heteroatoms.